The van der Waals surface area contributed by atoms with Crippen LogP contribution in [0.4, 0.5) is 13.2 Å². The number of aliphatic carboxylic acids is 1. The van der Waals surface area contributed by atoms with Crippen molar-refractivity contribution in [1.82, 2.24) is 14.5 Å². The van der Waals surface area contributed by atoms with Crippen LogP contribution in [-0.2, 0) is 32.6 Å². The summed E-state index contributed by atoms with van der Waals surface area (Å²) in [6.07, 6.45) is -4.15. The van der Waals surface area contributed by atoms with Crippen molar-refractivity contribution >= 4 is 33.2 Å². The summed E-state index contributed by atoms with van der Waals surface area (Å²) < 4.78 is 59.5. The SMILES string of the molecule is CCc1ccc(CN(CC(=O)N2CCNCC2)S(=O)(=O)c2cccs2)cc1.O=C(O)C(F)(F)F. The van der Waals surface area contributed by atoms with Gasteiger partial charge in [-0.2, -0.15) is 17.5 Å². The minimum absolute atomic E-state index is 0.143. The number of carbonyl (C=O) groups excluding carboxylic acids is 1. The van der Waals surface area contributed by atoms with Gasteiger partial charge in [-0.15, -0.1) is 11.3 Å². The largest absolute Gasteiger partial charge is 0.490 e. The lowest BCUT2D eigenvalue weighted by molar-refractivity contribution is -0.192. The third kappa shape index (κ3) is 8.08. The molecule has 1 amide bonds. The van der Waals surface area contributed by atoms with Crippen LogP contribution in [0.3, 0.4) is 0 Å². The van der Waals surface area contributed by atoms with Gasteiger partial charge in [0, 0.05) is 32.7 Å². The Morgan fingerprint density at radius 1 is 1.12 bits per heavy atom. The molecule has 1 fully saturated rings. The molecule has 13 heteroatoms. The fourth-order valence-electron chi connectivity index (χ4n) is 3.01. The summed E-state index contributed by atoms with van der Waals surface area (Å²) in [5, 5.41) is 12.1. The van der Waals surface area contributed by atoms with E-state index in [1.165, 1.54) is 21.2 Å². The number of rotatable bonds is 7. The number of alkyl halides is 3. The maximum Gasteiger partial charge on any atom is 0.490 e. The number of hydrogen-bond acceptors (Lipinski definition) is 6. The Kier molecular flexibility index (Phi) is 10.0. The molecule has 0 atom stereocenters. The van der Waals surface area contributed by atoms with Crippen molar-refractivity contribution in [3.05, 3.63) is 52.9 Å². The van der Waals surface area contributed by atoms with Crippen LogP contribution < -0.4 is 5.32 Å². The molecule has 0 bridgehead atoms. The lowest BCUT2D eigenvalue weighted by Gasteiger charge is -2.30. The summed E-state index contributed by atoms with van der Waals surface area (Å²) in [7, 11) is -3.72. The normalized spacial score (nSPS) is 14.4. The van der Waals surface area contributed by atoms with Gasteiger partial charge in [0.2, 0.25) is 5.91 Å². The summed E-state index contributed by atoms with van der Waals surface area (Å²) in [5.41, 5.74) is 2.07. The number of nitrogens with zero attached hydrogens (tertiary/aromatic N) is 2. The minimum atomic E-state index is -5.08. The minimum Gasteiger partial charge on any atom is -0.475 e. The van der Waals surface area contributed by atoms with E-state index in [9.17, 15) is 26.4 Å². The summed E-state index contributed by atoms with van der Waals surface area (Å²) in [5.74, 6) is -2.91. The summed E-state index contributed by atoms with van der Waals surface area (Å²) in [6, 6.07) is 11.2. The second-order valence-electron chi connectivity index (χ2n) is 7.31. The number of halogens is 3. The molecular weight excluding hydrogens is 495 g/mol. The molecule has 1 aliphatic heterocycles. The van der Waals surface area contributed by atoms with Crippen molar-refractivity contribution in [2.24, 2.45) is 0 Å². The molecule has 1 aromatic heterocycles. The number of thiophene rings is 1. The molecule has 1 aliphatic rings. The van der Waals surface area contributed by atoms with Gasteiger partial charge in [-0.3, -0.25) is 4.79 Å². The van der Waals surface area contributed by atoms with Crippen molar-refractivity contribution < 1.29 is 36.3 Å². The van der Waals surface area contributed by atoms with E-state index < -0.39 is 22.2 Å². The first-order chi connectivity index (χ1) is 15.9. The topological polar surface area (TPSA) is 107 Å². The van der Waals surface area contributed by atoms with Gasteiger partial charge in [0.05, 0.1) is 6.54 Å². The zero-order valence-electron chi connectivity index (χ0n) is 18.4. The van der Waals surface area contributed by atoms with E-state index in [-0.39, 0.29) is 23.2 Å². The van der Waals surface area contributed by atoms with Gasteiger partial charge >= 0.3 is 12.1 Å². The average Bonchev–Trinajstić information content (AvgIpc) is 3.35. The molecule has 2 N–H and O–H groups in total. The van der Waals surface area contributed by atoms with Gasteiger partial charge in [0.1, 0.15) is 4.21 Å². The Morgan fingerprint density at radius 2 is 1.68 bits per heavy atom. The van der Waals surface area contributed by atoms with E-state index in [1.54, 1.807) is 22.4 Å². The van der Waals surface area contributed by atoms with Gasteiger partial charge in [0.15, 0.2) is 0 Å². The number of hydrogen-bond donors (Lipinski definition) is 2. The number of benzene rings is 1. The Bertz CT molecular complexity index is 1040. The summed E-state index contributed by atoms with van der Waals surface area (Å²) in [4.78, 5) is 23.3. The van der Waals surface area contributed by atoms with Crippen LogP contribution in [0.15, 0.2) is 46.0 Å². The average molecular weight is 522 g/mol. The highest BCUT2D eigenvalue weighted by molar-refractivity contribution is 7.91. The zero-order valence-corrected chi connectivity index (χ0v) is 20.0. The van der Waals surface area contributed by atoms with E-state index in [0.717, 1.165) is 25.1 Å². The molecule has 0 aliphatic carbocycles. The number of carbonyl (C=O) groups is 2. The first-order valence-corrected chi connectivity index (χ1v) is 12.7. The van der Waals surface area contributed by atoms with Crippen LogP contribution >= 0.6 is 11.3 Å². The second kappa shape index (κ2) is 12.3. The van der Waals surface area contributed by atoms with E-state index in [4.69, 9.17) is 9.90 Å². The van der Waals surface area contributed by atoms with Gasteiger partial charge in [-0.05, 0) is 29.0 Å². The van der Waals surface area contributed by atoms with Crippen LogP contribution in [0.2, 0.25) is 0 Å². The molecule has 188 valence electrons. The maximum atomic E-state index is 13.1. The van der Waals surface area contributed by atoms with Crippen LogP contribution in [0.1, 0.15) is 18.1 Å². The quantitative estimate of drug-likeness (QED) is 0.580. The smallest absolute Gasteiger partial charge is 0.475 e. The fourth-order valence-corrected chi connectivity index (χ4v) is 5.53. The number of sulfonamides is 1. The third-order valence-corrected chi connectivity index (χ3v) is 8.07. The van der Waals surface area contributed by atoms with Crippen molar-refractivity contribution in [3.63, 3.8) is 0 Å². The molecule has 8 nitrogen and oxygen atoms in total. The number of nitrogens with one attached hydrogen (secondary N) is 1. The lowest BCUT2D eigenvalue weighted by atomic mass is 10.1. The van der Waals surface area contributed by atoms with E-state index in [0.29, 0.717) is 13.1 Å². The molecule has 1 aromatic carbocycles. The molecule has 34 heavy (non-hydrogen) atoms. The molecule has 3 rings (SSSR count). The predicted octanol–water partition coefficient (Wildman–Crippen LogP) is 2.57. The Labute approximate surface area is 200 Å². The monoisotopic (exact) mass is 521 g/mol. The fraction of sp³-hybridized carbons (Fsp3) is 0.429. The van der Waals surface area contributed by atoms with E-state index in [2.05, 4.69) is 12.2 Å². The van der Waals surface area contributed by atoms with E-state index >= 15 is 0 Å². The highest BCUT2D eigenvalue weighted by atomic mass is 32.2. The number of aryl methyl sites for hydroxylation is 1. The Morgan fingerprint density at radius 3 is 2.15 bits per heavy atom. The van der Waals surface area contributed by atoms with Gasteiger partial charge < -0.3 is 15.3 Å². The van der Waals surface area contributed by atoms with Crippen molar-refractivity contribution in [1.29, 1.82) is 0 Å². The highest BCUT2D eigenvalue weighted by Gasteiger charge is 2.38. The molecule has 0 saturated carbocycles. The van der Waals surface area contributed by atoms with Gasteiger partial charge in [-0.1, -0.05) is 37.3 Å². The molecule has 0 spiro atoms. The van der Waals surface area contributed by atoms with Crippen molar-refractivity contribution in [2.45, 2.75) is 30.3 Å². The van der Waals surface area contributed by atoms with Crippen LogP contribution in [0, 0.1) is 0 Å². The highest BCUT2D eigenvalue weighted by Crippen LogP contribution is 2.23. The Hall–Kier alpha value is -2.48. The van der Waals surface area contributed by atoms with Crippen molar-refractivity contribution in [3.8, 4) is 0 Å². The summed E-state index contributed by atoms with van der Waals surface area (Å²) in [6.45, 7) is 4.81. The third-order valence-electron chi connectivity index (χ3n) is 4.90. The molecular formula is C21H26F3N3O5S2. The Balaban J connectivity index is 0.000000509. The van der Waals surface area contributed by atoms with Crippen LogP contribution in [0.25, 0.3) is 0 Å². The molecule has 1 saturated heterocycles. The van der Waals surface area contributed by atoms with Gasteiger partial charge in [0.25, 0.3) is 10.0 Å². The molecule has 2 heterocycles. The first-order valence-electron chi connectivity index (χ1n) is 10.3. The van der Waals surface area contributed by atoms with Gasteiger partial charge in [-0.25, -0.2) is 13.2 Å². The zero-order chi connectivity index (χ0) is 25.4. The number of carboxylic acid groups (broad SMARTS) is 1. The van der Waals surface area contributed by atoms with Crippen LogP contribution in [-0.4, -0.2) is 73.5 Å². The first kappa shape index (κ1) is 27.8. The molecule has 2 aromatic rings. The predicted molar refractivity (Wildman–Crippen MR) is 121 cm³/mol. The number of amides is 1. The maximum absolute atomic E-state index is 13.1. The van der Waals surface area contributed by atoms with E-state index in [1.807, 2.05) is 24.3 Å². The molecule has 0 radical (unpaired) electrons. The summed E-state index contributed by atoms with van der Waals surface area (Å²) >= 11 is 1.17. The number of piperazine rings is 1. The van der Waals surface area contributed by atoms with Crippen molar-refractivity contribution in [2.75, 3.05) is 32.7 Å². The lowest BCUT2D eigenvalue weighted by Crippen LogP contribution is -2.50. The second-order valence-corrected chi connectivity index (χ2v) is 10.4. The molecule has 0 unspecified atom stereocenters. The van der Waals surface area contributed by atoms with Crippen LogP contribution in [0.5, 0.6) is 0 Å². The number of carboxylic acids is 1. The standard InChI is InChI=1S/C19H25N3O3S2.C2HF3O2/c1-2-16-5-7-17(8-6-16)14-22(27(24,25)19-4-3-13-26-19)15-18(23)21-11-9-20-10-12-21;3-2(4,5)1(6)7/h3-8,13,20H,2,9-12,14-15H2,1H3;(H,6,7).